The first-order valence-corrected chi connectivity index (χ1v) is 18.3. The Balaban J connectivity index is 1.19. The maximum Gasteiger partial charge on any atom is 0.0998 e. The first kappa shape index (κ1) is 30.7. The molecule has 0 aliphatic carbocycles. The van der Waals surface area contributed by atoms with Gasteiger partial charge in [0.05, 0.1) is 67.7 Å². The van der Waals surface area contributed by atoms with Gasteiger partial charge in [0.1, 0.15) is 0 Å². The number of nitriles is 2. The lowest BCUT2D eigenvalue weighted by atomic mass is 9.97. The second kappa shape index (κ2) is 11.8. The molecule has 0 bridgehead atoms. The van der Waals surface area contributed by atoms with Crippen LogP contribution in [0.2, 0.25) is 0 Å². The molecular weight excluding hydrogens is 671 g/mol. The Bertz CT molecular complexity index is 3420. The van der Waals surface area contributed by atoms with E-state index in [0.29, 0.717) is 11.1 Å². The van der Waals surface area contributed by atoms with Gasteiger partial charge in [0, 0.05) is 49.1 Å². The molecule has 55 heavy (non-hydrogen) atoms. The van der Waals surface area contributed by atoms with E-state index < -0.39 is 0 Å². The Morgan fingerprint density at radius 1 is 0.345 bits per heavy atom. The molecule has 0 N–H and O–H groups in total. The van der Waals surface area contributed by atoms with Crippen molar-refractivity contribution in [1.29, 1.82) is 10.5 Å². The lowest BCUT2D eigenvalue weighted by Gasteiger charge is -2.18. The molecular formula is C50H29N5. The molecule has 0 fully saturated rings. The van der Waals surface area contributed by atoms with Crippen molar-refractivity contribution in [2.75, 3.05) is 0 Å². The number of fused-ring (bicyclic) bond motifs is 9. The molecule has 11 rings (SSSR count). The lowest BCUT2D eigenvalue weighted by Crippen LogP contribution is -2.03. The maximum atomic E-state index is 10.8. The SMILES string of the molecule is N#Cc1ccc2c(c1)c1ccccc1n2-c1cccc2c3ccccc3n(-c3ccccc3-c3ccc(-n4c5ccccc5c5ccccc54)cc3C#N)c12. The van der Waals surface area contributed by atoms with Crippen molar-refractivity contribution in [1.82, 2.24) is 13.7 Å². The minimum Gasteiger partial charge on any atom is -0.309 e. The molecule has 254 valence electrons. The fourth-order valence-corrected chi connectivity index (χ4v) is 8.83. The van der Waals surface area contributed by atoms with E-state index in [9.17, 15) is 10.5 Å². The monoisotopic (exact) mass is 699 g/mol. The molecule has 3 aromatic heterocycles. The minimum absolute atomic E-state index is 0.600. The van der Waals surface area contributed by atoms with E-state index in [1.807, 2.05) is 18.2 Å². The summed E-state index contributed by atoms with van der Waals surface area (Å²) in [4.78, 5) is 0. The van der Waals surface area contributed by atoms with Crippen LogP contribution in [0.25, 0.3) is 93.6 Å². The van der Waals surface area contributed by atoms with E-state index in [1.165, 1.54) is 10.8 Å². The van der Waals surface area contributed by atoms with Crippen molar-refractivity contribution in [3.8, 4) is 40.3 Å². The van der Waals surface area contributed by atoms with Crippen LogP contribution in [0.1, 0.15) is 11.1 Å². The minimum atomic E-state index is 0.600. The topological polar surface area (TPSA) is 62.4 Å². The summed E-state index contributed by atoms with van der Waals surface area (Å²) in [6, 6.07) is 65.9. The van der Waals surface area contributed by atoms with Gasteiger partial charge in [-0.05, 0) is 66.7 Å². The first-order valence-electron chi connectivity index (χ1n) is 18.3. The zero-order valence-electron chi connectivity index (χ0n) is 29.5. The fraction of sp³-hybridized carbons (Fsp3) is 0. The Morgan fingerprint density at radius 2 is 0.873 bits per heavy atom. The van der Waals surface area contributed by atoms with E-state index in [4.69, 9.17) is 0 Å². The lowest BCUT2D eigenvalue weighted by molar-refractivity contribution is 1.13. The van der Waals surface area contributed by atoms with Gasteiger partial charge in [0.2, 0.25) is 0 Å². The van der Waals surface area contributed by atoms with Crippen LogP contribution in [0, 0.1) is 22.7 Å². The van der Waals surface area contributed by atoms with Crippen molar-refractivity contribution in [3.63, 3.8) is 0 Å². The molecule has 0 saturated heterocycles. The number of hydrogen-bond donors (Lipinski definition) is 0. The summed E-state index contributed by atoms with van der Waals surface area (Å²) in [6.07, 6.45) is 0. The van der Waals surface area contributed by atoms with Crippen LogP contribution in [0.3, 0.4) is 0 Å². The summed E-state index contributed by atoms with van der Waals surface area (Å²) in [5.74, 6) is 0. The second-order valence-electron chi connectivity index (χ2n) is 14.0. The third kappa shape index (κ3) is 4.39. The van der Waals surface area contributed by atoms with E-state index in [2.05, 4.69) is 184 Å². The fourth-order valence-electron chi connectivity index (χ4n) is 8.83. The standard InChI is InChI=1S/C50H29N5/c51-30-32-24-27-48-42(28-32)40-16-5-8-20-45(40)54(48)49-23-11-17-41-39-15-4-10-22-47(39)55(50(41)49)46-21-9-1-12-36(46)35-26-25-34(29-33(35)31-52)53-43-18-6-2-13-37(43)38-14-3-7-19-44(38)53/h1-29H. The Kier molecular flexibility index (Phi) is 6.61. The number of benzene rings is 8. The van der Waals surface area contributed by atoms with Gasteiger partial charge in [-0.1, -0.05) is 109 Å². The van der Waals surface area contributed by atoms with Gasteiger partial charge in [-0.15, -0.1) is 0 Å². The van der Waals surface area contributed by atoms with Crippen LogP contribution in [0.15, 0.2) is 176 Å². The molecule has 3 heterocycles. The normalized spacial score (nSPS) is 11.6. The van der Waals surface area contributed by atoms with Crippen LogP contribution in [-0.4, -0.2) is 13.7 Å². The summed E-state index contributed by atoms with van der Waals surface area (Å²) >= 11 is 0. The molecule has 5 nitrogen and oxygen atoms in total. The zero-order chi connectivity index (χ0) is 36.6. The van der Waals surface area contributed by atoms with Crippen LogP contribution in [-0.2, 0) is 0 Å². The number of aromatic nitrogens is 3. The number of hydrogen-bond acceptors (Lipinski definition) is 2. The van der Waals surface area contributed by atoms with Crippen molar-refractivity contribution in [3.05, 3.63) is 187 Å². The quantitative estimate of drug-likeness (QED) is 0.184. The molecule has 8 aromatic carbocycles. The molecule has 0 spiro atoms. The predicted molar refractivity (Wildman–Crippen MR) is 224 cm³/mol. The first-order chi connectivity index (χ1) is 27.2. The number of nitrogens with zero attached hydrogens (tertiary/aromatic N) is 5. The van der Waals surface area contributed by atoms with Crippen LogP contribution < -0.4 is 0 Å². The van der Waals surface area contributed by atoms with Gasteiger partial charge < -0.3 is 13.7 Å². The van der Waals surface area contributed by atoms with E-state index in [1.54, 1.807) is 0 Å². The maximum absolute atomic E-state index is 10.8. The Morgan fingerprint density at radius 3 is 1.55 bits per heavy atom. The van der Waals surface area contributed by atoms with Crippen molar-refractivity contribution in [2.45, 2.75) is 0 Å². The molecule has 0 aliphatic heterocycles. The van der Waals surface area contributed by atoms with Gasteiger partial charge >= 0.3 is 0 Å². The number of rotatable bonds is 4. The third-order valence-corrected chi connectivity index (χ3v) is 11.1. The third-order valence-electron chi connectivity index (χ3n) is 11.1. The summed E-state index contributed by atoms with van der Waals surface area (Å²) < 4.78 is 6.95. The van der Waals surface area contributed by atoms with Crippen LogP contribution in [0.4, 0.5) is 0 Å². The van der Waals surface area contributed by atoms with Crippen molar-refractivity contribution in [2.24, 2.45) is 0 Å². The Hall–Kier alpha value is -7.86. The second-order valence-corrected chi connectivity index (χ2v) is 14.0. The van der Waals surface area contributed by atoms with Gasteiger partial charge in [0.25, 0.3) is 0 Å². The zero-order valence-corrected chi connectivity index (χ0v) is 29.5. The summed E-state index contributed by atoms with van der Waals surface area (Å²) in [7, 11) is 0. The summed E-state index contributed by atoms with van der Waals surface area (Å²) in [5, 5.41) is 27.4. The average molecular weight is 700 g/mol. The van der Waals surface area contributed by atoms with Crippen LogP contribution >= 0.6 is 0 Å². The molecule has 0 atom stereocenters. The molecule has 5 heteroatoms. The smallest absolute Gasteiger partial charge is 0.0998 e. The molecule has 0 amide bonds. The van der Waals surface area contributed by atoms with Crippen LogP contribution in [0.5, 0.6) is 0 Å². The van der Waals surface area contributed by atoms with Crippen molar-refractivity contribution < 1.29 is 0 Å². The highest BCUT2D eigenvalue weighted by molar-refractivity contribution is 6.15. The van der Waals surface area contributed by atoms with Gasteiger partial charge in [-0.2, -0.15) is 10.5 Å². The average Bonchev–Trinajstić information content (AvgIpc) is 3.89. The highest BCUT2D eigenvalue weighted by Crippen LogP contribution is 2.42. The number of para-hydroxylation sites is 6. The van der Waals surface area contributed by atoms with Gasteiger partial charge in [0.15, 0.2) is 0 Å². The molecule has 0 unspecified atom stereocenters. The van der Waals surface area contributed by atoms with Gasteiger partial charge in [-0.25, -0.2) is 0 Å². The molecule has 0 saturated carbocycles. The highest BCUT2D eigenvalue weighted by Gasteiger charge is 2.22. The van der Waals surface area contributed by atoms with E-state index in [-0.39, 0.29) is 0 Å². The highest BCUT2D eigenvalue weighted by atomic mass is 15.1. The van der Waals surface area contributed by atoms with Crippen molar-refractivity contribution >= 4 is 65.4 Å². The largest absolute Gasteiger partial charge is 0.309 e. The van der Waals surface area contributed by atoms with E-state index in [0.717, 1.165) is 82.8 Å². The van der Waals surface area contributed by atoms with E-state index >= 15 is 0 Å². The van der Waals surface area contributed by atoms with Gasteiger partial charge in [-0.3, -0.25) is 0 Å². The molecule has 0 radical (unpaired) electrons. The predicted octanol–water partition coefficient (Wildman–Crippen LogP) is 12.4. The Labute approximate surface area is 316 Å². The molecule has 0 aliphatic rings. The summed E-state index contributed by atoms with van der Waals surface area (Å²) in [6.45, 7) is 0. The molecule has 11 aromatic rings. The summed E-state index contributed by atoms with van der Waals surface area (Å²) in [5.41, 5.74) is 12.5.